The molecule has 2 rings (SSSR count). The number of hydrogen-bond acceptors (Lipinski definition) is 4. The summed E-state index contributed by atoms with van der Waals surface area (Å²) in [6.45, 7) is 4.64. The third-order valence-corrected chi connectivity index (χ3v) is 4.16. The Morgan fingerprint density at radius 3 is 2.19 bits per heavy atom. The van der Waals surface area contributed by atoms with Crippen molar-refractivity contribution in [1.29, 1.82) is 0 Å². The zero-order valence-electron chi connectivity index (χ0n) is 15.5. The van der Waals surface area contributed by atoms with Crippen LogP contribution in [0.15, 0.2) is 59.8 Å². The van der Waals surface area contributed by atoms with Crippen LogP contribution in [0.5, 0.6) is 0 Å². The van der Waals surface area contributed by atoms with E-state index in [0.717, 1.165) is 5.69 Å². The summed E-state index contributed by atoms with van der Waals surface area (Å²) >= 11 is 0. The number of amides is 1. The summed E-state index contributed by atoms with van der Waals surface area (Å²) in [7, 11) is 0. The molecular formula is C21H24N2O4. The average Bonchev–Trinajstić information content (AvgIpc) is 2.67. The van der Waals surface area contributed by atoms with Crippen molar-refractivity contribution in [1.82, 2.24) is 0 Å². The van der Waals surface area contributed by atoms with Gasteiger partial charge in [-0.1, -0.05) is 49.4 Å². The lowest BCUT2D eigenvalue weighted by atomic mass is 10.0. The number of rotatable bonds is 9. The number of benzene rings is 2. The van der Waals surface area contributed by atoms with Crippen molar-refractivity contribution in [2.24, 2.45) is 11.1 Å². The topological polar surface area (TPSA) is 87.0 Å². The Labute approximate surface area is 158 Å². The zero-order chi connectivity index (χ0) is 19.8. The van der Waals surface area contributed by atoms with Gasteiger partial charge in [-0.15, -0.1) is 0 Å². The predicted molar refractivity (Wildman–Crippen MR) is 105 cm³/mol. The third kappa shape index (κ3) is 5.74. The first-order chi connectivity index (χ1) is 12.9. The Hall–Kier alpha value is -3.02. The number of anilines is 1. The van der Waals surface area contributed by atoms with Crippen LogP contribution >= 0.6 is 0 Å². The van der Waals surface area contributed by atoms with Gasteiger partial charge in [0.1, 0.15) is 6.04 Å². The molecule has 0 aliphatic carbocycles. The van der Waals surface area contributed by atoms with Crippen molar-refractivity contribution in [2.75, 3.05) is 11.4 Å². The van der Waals surface area contributed by atoms with Crippen LogP contribution in [-0.4, -0.2) is 23.5 Å². The van der Waals surface area contributed by atoms with E-state index >= 15 is 0 Å². The van der Waals surface area contributed by atoms with E-state index in [9.17, 15) is 14.5 Å². The lowest BCUT2D eigenvalue weighted by molar-refractivity contribution is -0.137. The summed E-state index contributed by atoms with van der Waals surface area (Å²) < 4.78 is 0. The smallest absolute Gasteiger partial charge is 0.303 e. The second-order valence-electron chi connectivity index (χ2n) is 6.82. The number of carbonyl (C=O) groups is 2. The molecule has 0 aromatic heterocycles. The Morgan fingerprint density at radius 1 is 1.04 bits per heavy atom. The van der Waals surface area contributed by atoms with Gasteiger partial charge in [0.2, 0.25) is 0 Å². The largest absolute Gasteiger partial charge is 0.481 e. The molecule has 1 unspecified atom stereocenters. The minimum absolute atomic E-state index is 0.0898. The first kappa shape index (κ1) is 20.3. The number of aliphatic carboxylic acids is 1. The van der Waals surface area contributed by atoms with E-state index in [1.54, 1.807) is 41.3 Å². The van der Waals surface area contributed by atoms with E-state index in [0.29, 0.717) is 17.7 Å². The fourth-order valence-electron chi connectivity index (χ4n) is 2.82. The van der Waals surface area contributed by atoms with Gasteiger partial charge < -0.3 is 10.0 Å². The number of carboxylic acids is 1. The maximum atomic E-state index is 12.9. The third-order valence-electron chi connectivity index (χ3n) is 4.16. The SMILES string of the molecule is CC(C)CN(C(=O)c1ccccc1)c1ccc(C(CCC(=O)O)N=O)cc1. The highest BCUT2D eigenvalue weighted by Crippen LogP contribution is 2.26. The lowest BCUT2D eigenvalue weighted by Gasteiger charge is -2.25. The Balaban J connectivity index is 2.25. The van der Waals surface area contributed by atoms with Crippen molar-refractivity contribution < 1.29 is 14.7 Å². The van der Waals surface area contributed by atoms with Crippen LogP contribution in [0.4, 0.5) is 5.69 Å². The molecule has 0 aliphatic heterocycles. The molecule has 0 radical (unpaired) electrons. The minimum atomic E-state index is -0.961. The molecule has 27 heavy (non-hydrogen) atoms. The van der Waals surface area contributed by atoms with Gasteiger partial charge in [0.05, 0.1) is 0 Å². The summed E-state index contributed by atoms with van der Waals surface area (Å²) in [5.41, 5.74) is 1.98. The van der Waals surface area contributed by atoms with Crippen molar-refractivity contribution in [3.63, 3.8) is 0 Å². The number of carboxylic acid groups (broad SMARTS) is 1. The number of nitroso groups, excluding NO2 is 1. The van der Waals surface area contributed by atoms with Gasteiger partial charge >= 0.3 is 5.97 Å². The Morgan fingerprint density at radius 2 is 1.67 bits per heavy atom. The van der Waals surface area contributed by atoms with Crippen molar-refractivity contribution in [3.8, 4) is 0 Å². The molecular weight excluding hydrogens is 344 g/mol. The van der Waals surface area contributed by atoms with Crippen LogP contribution in [0.2, 0.25) is 0 Å². The zero-order valence-corrected chi connectivity index (χ0v) is 15.5. The normalized spacial score (nSPS) is 11.8. The van der Waals surface area contributed by atoms with Crippen LogP contribution in [0.25, 0.3) is 0 Å². The fraction of sp³-hybridized carbons (Fsp3) is 0.333. The average molecular weight is 368 g/mol. The molecule has 1 amide bonds. The monoisotopic (exact) mass is 368 g/mol. The maximum Gasteiger partial charge on any atom is 0.303 e. The van der Waals surface area contributed by atoms with Gasteiger partial charge in [0.15, 0.2) is 0 Å². The predicted octanol–water partition coefficient (Wildman–Crippen LogP) is 4.66. The summed E-state index contributed by atoms with van der Waals surface area (Å²) in [5.74, 6) is -0.776. The molecule has 0 spiro atoms. The second kappa shape index (κ2) is 9.62. The van der Waals surface area contributed by atoms with E-state index in [-0.39, 0.29) is 24.7 Å². The lowest BCUT2D eigenvalue weighted by Crippen LogP contribution is -2.34. The minimum Gasteiger partial charge on any atom is -0.481 e. The van der Waals surface area contributed by atoms with Crippen LogP contribution in [0.1, 0.15) is 48.7 Å². The molecule has 142 valence electrons. The molecule has 0 fully saturated rings. The number of nitrogens with zero attached hydrogens (tertiary/aromatic N) is 2. The van der Waals surface area contributed by atoms with Crippen molar-refractivity contribution in [2.45, 2.75) is 32.7 Å². The summed E-state index contributed by atoms with van der Waals surface area (Å²) in [4.78, 5) is 36.4. The maximum absolute atomic E-state index is 12.9. The molecule has 0 saturated carbocycles. The molecule has 0 bridgehead atoms. The fourth-order valence-corrected chi connectivity index (χ4v) is 2.82. The van der Waals surface area contributed by atoms with Gasteiger partial charge in [-0.05, 0) is 42.2 Å². The highest BCUT2D eigenvalue weighted by atomic mass is 16.4. The van der Waals surface area contributed by atoms with Crippen LogP contribution < -0.4 is 4.90 Å². The first-order valence-corrected chi connectivity index (χ1v) is 8.93. The Kier molecular flexibility index (Phi) is 7.23. The second-order valence-corrected chi connectivity index (χ2v) is 6.82. The molecule has 2 aromatic carbocycles. The summed E-state index contributed by atoms with van der Waals surface area (Å²) in [6, 6.07) is 15.4. The molecule has 0 saturated heterocycles. The van der Waals surface area contributed by atoms with E-state index in [4.69, 9.17) is 5.11 Å². The highest BCUT2D eigenvalue weighted by Gasteiger charge is 2.20. The molecule has 1 N–H and O–H groups in total. The summed E-state index contributed by atoms with van der Waals surface area (Å²) in [6.07, 6.45) is 0.0287. The number of carbonyl (C=O) groups excluding carboxylic acids is 1. The van der Waals surface area contributed by atoms with Crippen molar-refractivity contribution >= 4 is 17.6 Å². The van der Waals surface area contributed by atoms with Gasteiger partial charge in [-0.2, -0.15) is 4.91 Å². The highest BCUT2D eigenvalue weighted by molar-refractivity contribution is 6.06. The van der Waals surface area contributed by atoms with Crippen LogP contribution in [0, 0.1) is 10.8 Å². The van der Waals surface area contributed by atoms with Gasteiger partial charge in [0.25, 0.3) is 5.91 Å². The summed E-state index contributed by atoms with van der Waals surface area (Å²) in [5, 5.41) is 11.8. The molecule has 0 aliphatic rings. The number of hydrogen-bond donors (Lipinski definition) is 1. The molecule has 2 aromatic rings. The van der Waals surface area contributed by atoms with Crippen molar-refractivity contribution in [3.05, 3.63) is 70.6 Å². The van der Waals surface area contributed by atoms with Crippen LogP contribution in [0.3, 0.4) is 0 Å². The van der Waals surface area contributed by atoms with E-state index in [1.807, 2.05) is 32.0 Å². The van der Waals surface area contributed by atoms with E-state index in [1.165, 1.54) is 0 Å². The van der Waals surface area contributed by atoms with Gasteiger partial charge in [-0.25, -0.2) is 0 Å². The van der Waals surface area contributed by atoms with E-state index in [2.05, 4.69) is 5.18 Å². The van der Waals surface area contributed by atoms with Crippen LogP contribution in [-0.2, 0) is 4.79 Å². The standard InChI is InChI=1S/C21H24N2O4/c1-15(2)14-23(21(26)17-6-4-3-5-7-17)18-10-8-16(9-11-18)19(22-27)12-13-20(24)25/h3-11,15,19H,12-14H2,1-2H3,(H,24,25). The van der Waals surface area contributed by atoms with Gasteiger partial charge in [-0.3, -0.25) is 9.59 Å². The molecule has 6 heteroatoms. The van der Waals surface area contributed by atoms with E-state index < -0.39 is 12.0 Å². The molecule has 1 atom stereocenters. The quantitative estimate of drug-likeness (QED) is 0.652. The Bertz CT molecular complexity index is 773. The van der Waals surface area contributed by atoms with Gasteiger partial charge in [0, 0.05) is 24.2 Å². The molecule has 6 nitrogen and oxygen atoms in total. The molecule has 0 heterocycles. The first-order valence-electron chi connectivity index (χ1n) is 8.93.